The van der Waals surface area contributed by atoms with Crippen molar-refractivity contribution >= 4 is 28.1 Å². The van der Waals surface area contributed by atoms with Crippen molar-refractivity contribution in [2.45, 2.75) is 12.6 Å². The molecule has 9 nitrogen and oxygen atoms in total. The average Bonchev–Trinajstić information content (AvgIpc) is 3.26. The zero-order chi connectivity index (χ0) is 28.7. The molecule has 0 bridgehead atoms. The van der Waals surface area contributed by atoms with Crippen LogP contribution in [-0.4, -0.2) is 58.2 Å². The Labute approximate surface area is 234 Å². The predicted octanol–water partition coefficient (Wildman–Crippen LogP) is 5.07. The number of aromatic nitrogens is 3. The Morgan fingerprint density at radius 2 is 1.80 bits per heavy atom. The van der Waals surface area contributed by atoms with Crippen LogP contribution in [0.5, 0.6) is 17.4 Å². The SMILES string of the molecule is COc1ccc(Cn2cc3nc(-c4c(F)cccc4F)cc(Nc4ccc(N5CC(O)C5)cn4)c3c2O)c(OC)c1. The van der Waals surface area contributed by atoms with Gasteiger partial charge in [0.1, 0.15) is 29.0 Å². The minimum Gasteiger partial charge on any atom is -0.497 e. The van der Waals surface area contributed by atoms with E-state index in [2.05, 4.69) is 15.3 Å². The summed E-state index contributed by atoms with van der Waals surface area (Å²) in [5.74, 6) is 0.0371. The van der Waals surface area contributed by atoms with E-state index >= 15 is 0 Å². The first-order valence-electron chi connectivity index (χ1n) is 12.9. The maximum Gasteiger partial charge on any atom is 0.203 e. The number of methoxy groups -OCH3 is 2. The molecule has 1 aliphatic heterocycles. The summed E-state index contributed by atoms with van der Waals surface area (Å²) in [5.41, 5.74) is 2.10. The minimum atomic E-state index is -0.756. The lowest BCUT2D eigenvalue weighted by molar-refractivity contribution is 0.142. The highest BCUT2D eigenvalue weighted by Gasteiger charge is 2.25. The van der Waals surface area contributed by atoms with Crippen molar-refractivity contribution in [2.24, 2.45) is 0 Å². The summed E-state index contributed by atoms with van der Waals surface area (Å²) in [6.45, 7) is 1.31. The summed E-state index contributed by atoms with van der Waals surface area (Å²) in [5, 5.41) is 24.5. The van der Waals surface area contributed by atoms with E-state index in [1.54, 1.807) is 49.4 Å². The van der Waals surface area contributed by atoms with Gasteiger partial charge in [-0.3, -0.25) is 0 Å². The molecule has 210 valence electrons. The fraction of sp³-hybridized carbons (Fsp3) is 0.200. The van der Waals surface area contributed by atoms with Gasteiger partial charge in [-0.05, 0) is 42.5 Å². The second kappa shape index (κ2) is 10.6. The molecular weight excluding hydrogens is 532 g/mol. The summed E-state index contributed by atoms with van der Waals surface area (Å²) in [6, 6.07) is 14.1. The van der Waals surface area contributed by atoms with Crippen LogP contribution in [0.15, 0.2) is 67.0 Å². The molecule has 1 aliphatic rings. The van der Waals surface area contributed by atoms with Crippen molar-refractivity contribution < 1.29 is 28.5 Å². The van der Waals surface area contributed by atoms with Crippen LogP contribution in [0.1, 0.15) is 5.56 Å². The highest BCUT2D eigenvalue weighted by molar-refractivity contribution is 5.99. The smallest absolute Gasteiger partial charge is 0.203 e. The standard InChI is InChI=1S/C30H27F2N5O4/c1-40-20-8-6-17(26(10-20)41-2)13-37-16-25-29(30(37)39)24(11-23(34-25)28-21(31)4-3-5-22(28)32)35-27-9-7-18(12-33-27)36-14-19(38)15-36/h3-12,16,19,38-39H,13-15H2,1-2H3,(H,33,35). The van der Waals surface area contributed by atoms with Crippen LogP contribution in [0, 0.1) is 11.6 Å². The summed E-state index contributed by atoms with van der Waals surface area (Å²) in [6.07, 6.45) is 2.94. The number of ether oxygens (including phenoxy) is 2. The molecule has 0 amide bonds. The third kappa shape index (κ3) is 4.95. The number of anilines is 3. The van der Waals surface area contributed by atoms with Crippen LogP contribution in [0.2, 0.25) is 0 Å². The van der Waals surface area contributed by atoms with Gasteiger partial charge in [-0.25, -0.2) is 18.7 Å². The Bertz CT molecular complexity index is 1720. The van der Waals surface area contributed by atoms with E-state index in [0.29, 0.717) is 47.0 Å². The molecule has 5 aromatic rings. The van der Waals surface area contributed by atoms with E-state index in [9.17, 15) is 19.0 Å². The van der Waals surface area contributed by atoms with Crippen molar-refractivity contribution in [2.75, 3.05) is 37.5 Å². The Morgan fingerprint density at radius 1 is 1.02 bits per heavy atom. The molecule has 1 saturated heterocycles. The molecule has 0 spiro atoms. The normalized spacial score (nSPS) is 13.3. The van der Waals surface area contributed by atoms with Crippen molar-refractivity contribution in [3.63, 3.8) is 0 Å². The van der Waals surface area contributed by atoms with Crippen LogP contribution < -0.4 is 19.7 Å². The number of aromatic hydroxyl groups is 1. The molecule has 1 fully saturated rings. The van der Waals surface area contributed by atoms with E-state index in [1.165, 1.54) is 24.3 Å². The average molecular weight is 560 g/mol. The van der Waals surface area contributed by atoms with Gasteiger partial charge in [0.15, 0.2) is 0 Å². The van der Waals surface area contributed by atoms with Crippen molar-refractivity contribution in [3.05, 3.63) is 84.2 Å². The van der Waals surface area contributed by atoms with Gasteiger partial charge in [-0.1, -0.05) is 6.07 Å². The Kier molecular flexibility index (Phi) is 6.80. The zero-order valence-corrected chi connectivity index (χ0v) is 22.3. The van der Waals surface area contributed by atoms with Gasteiger partial charge in [0.2, 0.25) is 5.88 Å². The lowest BCUT2D eigenvalue weighted by Gasteiger charge is -2.37. The lowest BCUT2D eigenvalue weighted by atomic mass is 10.1. The summed E-state index contributed by atoms with van der Waals surface area (Å²) < 4.78 is 41.9. The molecular formula is C30H27F2N5O4. The fourth-order valence-electron chi connectivity index (χ4n) is 4.95. The van der Waals surface area contributed by atoms with Gasteiger partial charge in [0, 0.05) is 30.9 Å². The van der Waals surface area contributed by atoms with Crippen LogP contribution in [-0.2, 0) is 6.54 Å². The topological polar surface area (TPSA) is 105 Å². The number of rotatable bonds is 8. The Morgan fingerprint density at radius 3 is 2.46 bits per heavy atom. The maximum atomic E-state index is 14.8. The van der Waals surface area contributed by atoms with Crippen LogP contribution >= 0.6 is 0 Å². The van der Waals surface area contributed by atoms with E-state index in [4.69, 9.17) is 9.47 Å². The van der Waals surface area contributed by atoms with Gasteiger partial charge < -0.3 is 34.5 Å². The molecule has 2 aromatic carbocycles. The number of benzene rings is 2. The summed E-state index contributed by atoms with van der Waals surface area (Å²) >= 11 is 0. The lowest BCUT2D eigenvalue weighted by Crippen LogP contribution is -2.50. The molecule has 6 rings (SSSR count). The number of β-amino-alcohol motifs (C(OH)–C–C–N with tert-alkyl or cyclic N) is 1. The monoisotopic (exact) mass is 559 g/mol. The third-order valence-electron chi connectivity index (χ3n) is 7.11. The number of hydrogen-bond acceptors (Lipinski definition) is 8. The largest absolute Gasteiger partial charge is 0.497 e. The molecule has 0 saturated carbocycles. The molecule has 3 N–H and O–H groups in total. The van der Waals surface area contributed by atoms with Gasteiger partial charge in [0.25, 0.3) is 0 Å². The number of fused-ring (bicyclic) bond motifs is 1. The number of hydrogen-bond donors (Lipinski definition) is 3. The molecule has 0 radical (unpaired) electrons. The first kappa shape index (κ1) is 26.3. The number of nitrogens with one attached hydrogen (secondary N) is 1. The van der Waals surface area contributed by atoms with E-state index in [-0.39, 0.29) is 29.8 Å². The summed E-state index contributed by atoms with van der Waals surface area (Å²) in [7, 11) is 3.11. The highest BCUT2D eigenvalue weighted by atomic mass is 19.1. The summed E-state index contributed by atoms with van der Waals surface area (Å²) in [4.78, 5) is 11.0. The van der Waals surface area contributed by atoms with Crippen molar-refractivity contribution in [1.29, 1.82) is 0 Å². The molecule has 3 aromatic heterocycles. The maximum absolute atomic E-state index is 14.8. The first-order valence-corrected chi connectivity index (χ1v) is 12.9. The second-order valence-corrected chi connectivity index (χ2v) is 9.76. The fourth-order valence-corrected chi connectivity index (χ4v) is 4.95. The molecule has 11 heteroatoms. The van der Waals surface area contributed by atoms with Gasteiger partial charge >= 0.3 is 0 Å². The van der Waals surface area contributed by atoms with E-state index in [0.717, 1.165) is 11.3 Å². The molecule has 41 heavy (non-hydrogen) atoms. The highest BCUT2D eigenvalue weighted by Crippen LogP contribution is 2.39. The van der Waals surface area contributed by atoms with Crippen molar-refractivity contribution in [3.8, 4) is 28.6 Å². The van der Waals surface area contributed by atoms with E-state index in [1.807, 2.05) is 17.0 Å². The van der Waals surface area contributed by atoms with Crippen LogP contribution in [0.3, 0.4) is 0 Å². The number of pyridine rings is 2. The van der Waals surface area contributed by atoms with Crippen LogP contribution in [0.25, 0.3) is 22.2 Å². The number of nitrogens with zero attached hydrogens (tertiary/aromatic N) is 4. The molecule has 4 heterocycles. The van der Waals surface area contributed by atoms with Crippen LogP contribution in [0.4, 0.5) is 26.0 Å². The van der Waals surface area contributed by atoms with Gasteiger partial charge in [0.05, 0.1) is 66.6 Å². The molecule has 0 unspecified atom stereocenters. The van der Waals surface area contributed by atoms with Crippen molar-refractivity contribution in [1.82, 2.24) is 14.5 Å². The number of aliphatic hydroxyl groups excluding tert-OH is 1. The second-order valence-electron chi connectivity index (χ2n) is 9.76. The van der Waals surface area contributed by atoms with Gasteiger partial charge in [-0.2, -0.15) is 0 Å². The van der Waals surface area contributed by atoms with E-state index < -0.39 is 11.6 Å². The molecule has 0 atom stereocenters. The van der Waals surface area contributed by atoms with Gasteiger partial charge in [-0.15, -0.1) is 0 Å². The third-order valence-corrected chi connectivity index (χ3v) is 7.11. The minimum absolute atomic E-state index is 0.0564. The Hall–Kier alpha value is -4.90. The molecule has 0 aliphatic carbocycles. The zero-order valence-electron chi connectivity index (χ0n) is 22.3. The Balaban J connectivity index is 1.43. The number of halogens is 2. The number of aliphatic hydroxyl groups is 1. The quantitative estimate of drug-likeness (QED) is 0.242. The predicted molar refractivity (Wildman–Crippen MR) is 151 cm³/mol. The first-order chi connectivity index (χ1) is 19.8.